The van der Waals surface area contributed by atoms with Crippen molar-refractivity contribution in [1.29, 1.82) is 5.26 Å². The summed E-state index contributed by atoms with van der Waals surface area (Å²) in [5.41, 5.74) is 1.40. The molecule has 2 aromatic rings. The predicted octanol–water partition coefficient (Wildman–Crippen LogP) is 3.93. The molecule has 0 radical (unpaired) electrons. The number of nitriles is 1. The van der Waals surface area contributed by atoms with E-state index in [1.165, 1.54) is 11.3 Å². The fourth-order valence-corrected chi connectivity index (χ4v) is 3.18. The summed E-state index contributed by atoms with van der Waals surface area (Å²) in [5.74, 6) is 0.107. The largest absolute Gasteiger partial charge is 0.479 e. The first-order chi connectivity index (χ1) is 11.5. The zero-order chi connectivity index (χ0) is 17.7. The van der Waals surface area contributed by atoms with Gasteiger partial charge in [0, 0.05) is 4.88 Å². The van der Waals surface area contributed by atoms with Crippen LogP contribution in [-0.4, -0.2) is 17.0 Å². The summed E-state index contributed by atoms with van der Waals surface area (Å²) in [7, 11) is 0. The molecule has 126 valence electrons. The first-order valence-electron chi connectivity index (χ1n) is 7.89. The molecule has 0 fully saturated rings. The SMILES string of the molecule is CCc1nc(NC(=O)C(Oc2ccccc2C#N)C(C)C)sc1C. The van der Waals surface area contributed by atoms with Crippen LogP contribution in [0.15, 0.2) is 24.3 Å². The summed E-state index contributed by atoms with van der Waals surface area (Å²) in [6.07, 6.45) is 0.131. The highest BCUT2D eigenvalue weighted by molar-refractivity contribution is 7.15. The van der Waals surface area contributed by atoms with Crippen molar-refractivity contribution in [2.75, 3.05) is 5.32 Å². The topological polar surface area (TPSA) is 75.0 Å². The second-order valence-electron chi connectivity index (χ2n) is 5.76. The molecule has 24 heavy (non-hydrogen) atoms. The van der Waals surface area contributed by atoms with Crippen molar-refractivity contribution in [2.45, 2.75) is 40.2 Å². The monoisotopic (exact) mass is 343 g/mol. The number of benzene rings is 1. The first kappa shape index (κ1) is 18.0. The summed E-state index contributed by atoms with van der Waals surface area (Å²) >= 11 is 1.46. The zero-order valence-corrected chi connectivity index (χ0v) is 15.1. The Balaban J connectivity index is 2.17. The molecule has 1 aromatic carbocycles. The van der Waals surface area contributed by atoms with Gasteiger partial charge in [-0.2, -0.15) is 5.26 Å². The van der Waals surface area contributed by atoms with E-state index in [4.69, 9.17) is 10.00 Å². The Hall–Kier alpha value is -2.39. The van der Waals surface area contributed by atoms with E-state index in [1.54, 1.807) is 24.3 Å². The van der Waals surface area contributed by atoms with Gasteiger partial charge in [0.1, 0.15) is 11.8 Å². The van der Waals surface area contributed by atoms with Gasteiger partial charge < -0.3 is 4.74 Å². The minimum Gasteiger partial charge on any atom is -0.479 e. The van der Waals surface area contributed by atoms with E-state index < -0.39 is 6.10 Å². The average Bonchev–Trinajstić information content (AvgIpc) is 2.91. The number of para-hydroxylation sites is 1. The highest BCUT2D eigenvalue weighted by Crippen LogP contribution is 2.25. The molecule has 0 saturated heterocycles. The molecule has 0 aliphatic rings. The Kier molecular flexibility index (Phi) is 5.93. The maximum absolute atomic E-state index is 12.6. The Morgan fingerprint density at radius 3 is 2.71 bits per heavy atom. The standard InChI is InChI=1S/C18H21N3O2S/c1-5-14-12(4)24-18(20-14)21-17(22)16(11(2)3)23-15-9-7-6-8-13(15)10-19/h6-9,11,16H,5H2,1-4H3,(H,20,21,22). The van der Waals surface area contributed by atoms with E-state index in [2.05, 4.69) is 16.4 Å². The highest BCUT2D eigenvalue weighted by atomic mass is 32.1. The maximum atomic E-state index is 12.6. The van der Waals surface area contributed by atoms with Crippen LogP contribution in [0.5, 0.6) is 5.75 Å². The van der Waals surface area contributed by atoms with Gasteiger partial charge in [-0.25, -0.2) is 4.98 Å². The predicted molar refractivity (Wildman–Crippen MR) is 95.3 cm³/mol. The van der Waals surface area contributed by atoms with Crippen molar-refractivity contribution in [3.05, 3.63) is 40.4 Å². The van der Waals surface area contributed by atoms with Crippen molar-refractivity contribution in [3.8, 4) is 11.8 Å². The molecular formula is C18H21N3O2S. The fraction of sp³-hybridized carbons (Fsp3) is 0.389. The van der Waals surface area contributed by atoms with E-state index >= 15 is 0 Å². The molecule has 0 spiro atoms. The third kappa shape index (κ3) is 4.12. The van der Waals surface area contributed by atoms with Crippen molar-refractivity contribution >= 4 is 22.4 Å². The molecule has 0 saturated carbocycles. The third-order valence-corrected chi connectivity index (χ3v) is 4.51. The van der Waals surface area contributed by atoms with Crippen LogP contribution < -0.4 is 10.1 Å². The smallest absolute Gasteiger partial charge is 0.267 e. The number of ether oxygens (including phenoxy) is 1. The van der Waals surface area contributed by atoms with Crippen LogP contribution >= 0.6 is 11.3 Å². The molecule has 5 nitrogen and oxygen atoms in total. The Bertz CT molecular complexity index is 762. The normalized spacial score (nSPS) is 11.8. The van der Waals surface area contributed by atoms with Crippen LogP contribution in [0.2, 0.25) is 0 Å². The minimum atomic E-state index is -0.700. The third-order valence-electron chi connectivity index (χ3n) is 3.58. The highest BCUT2D eigenvalue weighted by Gasteiger charge is 2.26. The van der Waals surface area contributed by atoms with E-state index in [9.17, 15) is 4.79 Å². The summed E-state index contributed by atoms with van der Waals surface area (Å²) < 4.78 is 5.84. The van der Waals surface area contributed by atoms with Gasteiger partial charge >= 0.3 is 0 Å². The Labute approximate surface area is 146 Å². The van der Waals surface area contributed by atoms with Crippen LogP contribution in [-0.2, 0) is 11.2 Å². The lowest BCUT2D eigenvalue weighted by Gasteiger charge is -2.21. The number of rotatable bonds is 6. The van der Waals surface area contributed by atoms with E-state index in [1.807, 2.05) is 27.7 Å². The molecule has 1 N–H and O–H groups in total. The summed E-state index contributed by atoms with van der Waals surface area (Å²) in [6.45, 7) is 7.84. The van der Waals surface area contributed by atoms with Crippen molar-refractivity contribution in [2.24, 2.45) is 5.92 Å². The molecule has 0 bridgehead atoms. The molecular weight excluding hydrogens is 322 g/mol. The van der Waals surface area contributed by atoms with Crippen molar-refractivity contribution < 1.29 is 9.53 Å². The van der Waals surface area contributed by atoms with Crippen LogP contribution in [0.3, 0.4) is 0 Å². The maximum Gasteiger partial charge on any atom is 0.267 e. The fourth-order valence-electron chi connectivity index (χ4n) is 2.28. The molecule has 1 unspecified atom stereocenters. The number of carbonyl (C=O) groups is 1. The number of anilines is 1. The molecule has 6 heteroatoms. The number of carbonyl (C=O) groups excluding carboxylic acids is 1. The van der Waals surface area contributed by atoms with Gasteiger partial charge in [-0.05, 0) is 31.4 Å². The van der Waals surface area contributed by atoms with Crippen LogP contribution in [0.25, 0.3) is 0 Å². The number of hydrogen-bond donors (Lipinski definition) is 1. The second-order valence-corrected chi connectivity index (χ2v) is 6.96. The molecule has 1 amide bonds. The molecule has 2 rings (SSSR count). The quantitative estimate of drug-likeness (QED) is 0.862. The van der Waals surface area contributed by atoms with Gasteiger partial charge in [-0.15, -0.1) is 11.3 Å². The number of amides is 1. The number of hydrogen-bond acceptors (Lipinski definition) is 5. The number of nitrogens with zero attached hydrogens (tertiary/aromatic N) is 2. The van der Waals surface area contributed by atoms with Gasteiger partial charge in [0.2, 0.25) is 0 Å². The van der Waals surface area contributed by atoms with E-state index in [-0.39, 0.29) is 11.8 Å². The number of nitrogens with one attached hydrogen (secondary N) is 1. The average molecular weight is 343 g/mol. The lowest BCUT2D eigenvalue weighted by Crippen LogP contribution is -2.37. The molecule has 1 aromatic heterocycles. The van der Waals surface area contributed by atoms with Crippen LogP contribution in [0.4, 0.5) is 5.13 Å². The van der Waals surface area contributed by atoms with Gasteiger partial charge in [-0.1, -0.05) is 32.9 Å². The lowest BCUT2D eigenvalue weighted by molar-refractivity contribution is -0.124. The molecule has 0 aliphatic heterocycles. The molecule has 1 heterocycles. The molecule has 0 aliphatic carbocycles. The van der Waals surface area contributed by atoms with Gasteiger partial charge in [-0.3, -0.25) is 10.1 Å². The van der Waals surface area contributed by atoms with Gasteiger partial charge in [0.05, 0.1) is 11.3 Å². The molecule has 1 atom stereocenters. The number of thiazole rings is 1. The van der Waals surface area contributed by atoms with Gasteiger partial charge in [0.25, 0.3) is 5.91 Å². The number of aryl methyl sites for hydroxylation is 2. The van der Waals surface area contributed by atoms with Crippen molar-refractivity contribution in [1.82, 2.24) is 4.98 Å². The summed E-state index contributed by atoms with van der Waals surface area (Å²) in [5, 5.41) is 12.6. The Morgan fingerprint density at radius 1 is 1.42 bits per heavy atom. The first-order valence-corrected chi connectivity index (χ1v) is 8.70. The second kappa shape index (κ2) is 7.93. The zero-order valence-electron chi connectivity index (χ0n) is 14.3. The summed E-state index contributed by atoms with van der Waals surface area (Å²) in [4.78, 5) is 18.1. The van der Waals surface area contributed by atoms with Gasteiger partial charge in [0.15, 0.2) is 11.2 Å². The van der Waals surface area contributed by atoms with Crippen LogP contribution in [0, 0.1) is 24.2 Å². The minimum absolute atomic E-state index is 0.0524. The Morgan fingerprint density at radius 2 is 2.12 bits per heavy atom. The lowest BCUT2D eigenvalue weighted by atomic mass is 10.1. The van der Waals surface area contributed by atoms with E-state index in [0.29, 0.717) is 16.4 Å². The summed E-state index contributed by atoms with van der Waals surface area (Å²) in [6, 6.07) is 8.99. The van der Waals surface area contributed by atoms with Crippen molar-refractivity contribution in [3.63, 3.8) is 0 Å². The number of aromatic nitrogens is 1. The van der Waals surface area contributed by atoms with E-state index in [0.717, 1.165) is 17.0 Å². The van der Waals surface area contributed by atoms with Crippen LogP contribution in [0.1, 0.15) is 36.9 Å².